The maximum absolute atomic E-state index is 6.22. The Balaban J connectivity index is 2.17. The van der Waals surface area contributed by atoms with E-state index in [1.165, 1.54) is 22.3 Å². The van der Waals surface area contributed by atoms with Crippen molar-refractivity contribution in [3.05, 3.63) is 68.7 Å². The second-order valence-corrected chi connectivity index (χ2v) is 4.92. The highest BCUT2D eigenvalue weighted by molar-refractivity contribution is 6.32. The summed E-state index contributed by atoms with van der Waals surface area (Å²) in [5, 5.41) is 1.70. The molecule has 0 heterocycles. The molecule has 1 aliphatic carbocycles. The Bertz CT molecular complexity index is 509. The first-order chi connectivity index (χ1) is 7.75. The van der Waals surface area contributed by atoms with Crippen LogP contribution in [-0.2, 0) is 12.8 Å². The van der Waals surface area contributed by atoms with Gasteiger partial charge in [-0.15, -0.1) is 0 Å². The Labute approximate surface area is 105 Å². The van der Waals surface area contributed by atoms with Crippen LogP contribution in [0.2, 0.25) is 10.0 Å². The molecule has 0 unspecified atom stereocenters. The van der Waals surface area contributed by atoms with Gasteiger partial charge in [-0.2, -0.15) is 0 Å². The SMILES string of the molecule is Clc1cccc2c1Cc1c(Cl)cccc1C2. The molecule has 0 atom stereocenters. The van der Waals surface area contributed by atoms with Crippen LogP contribution >= 0.6 is 23.2 Å². The summed E-state index contributed by atoms with van der Waals surface area (Å²) < 4.78 is 0. The Morgan fingerprint density at radius 2 is 1.19 bits per heavy atom. The third kappa shape index (κ3) is 1.53. The Morgan fingerprint density at radius 3 is 1.69 bits per heavy atom. The zero-order valence-corrected chi connectivity index (χ0v) is 10.1. The summed E-state index contributed by atoms with van der Waals surface area (Å²) in [6.45, 7) is 0. The van der Waals surface area contributed by atoms with Crippen molar-refractivity contribution in [1.82, 2.24) is 0 Å². The lowest BCUT2D eigenvalue weighted by molar-refractivity contribution is 1.00. The van der Waals surface area contributed by atoms with Gasteiger partial charge in [-0.3, -0.25) is 0 Å². The number of fused-ring (bicyclic) bond motifs is 2. The predicted octanol–water partition coefficient (Wildman–Crippen LogP) is 4.49. The quantitative estimate of drug-likeness (QED) is 0.550. The third-order valence-corrected chi connectivity index (χ3v) is 3.87. The molecule has 80 valence electrons. The predicted molar refractivity (Wildman–Crippen MR) is 68.5 cm³/mol. The molecule has 0 saturated carbocycles. The molecule has 0 N–H and O–H groups in total. The van der Waals surface area contributed by atoms with Crippen LogP contribution in [0.25, 0.3) is 0 Å². The Hall–Kier alpha value is -0.980. The Morgan fingerprint density at radius 1 is 0.688 bits per heavy atom. The van der Waals surface area contributed by atoms with Crippen molar-refractivity contribution in [2.24, 2.45) is 0 Å². The van der Waals surface area contributed by atoms with Gasteiger partial charge in [0.05, 0.1) is 0 Å². The largest absolute Gasteiger partial charge is 0.0840 e. The number of rotatable bonds is 0. The maximum atomic E-state index is 6.22. The van der Waals surface area contributed by atoms with Gasteiger partial charge >= 0.3 is 0 Å². The standard InChI is InChI=1S/C14H10Cl2/c15-13-5-1-3-9-7-10-4-2-6-14(16)12(10)8-11(9)13/h1-6H,7-8H2. The highest BCUT2D eigenvalue weighted by Gasteiger charge is 2.18. The van der Waals surface area contributed by atoms with Crippen molar-refractivity contribution >= 4 is 23.2 Å². The van der Waals surface area contributed by atoms with Crippen molar-refractivity contribution < 1.29 is 0 Å². The van der Waals surface area contributed by atoms with E-state index in [4.69, 9.17) is 23.2 Å². The monoisotopic (exact) mass is 248 g/mol. The molecular formula is C14H10Cl2. The van der Waals surface area contributed by atoms with Crippen LogP contribution in [0.4, 0.5) is 0 Å². The van der Waals surface area contributed by atoms with E-state index in [0.29, 0.717) is 0 Å². The molecule has 0 nitrogen and oxygen atoms in total. The van der Waals surface area contributed by atoms with E-state index in [-0.39, 0.29) is 0 Å². The van der Waals surface area contributed by atoms with E-state index in [1.54, 1.807) is 0 Å². The first-order valence-electron chi connectivity index (χ1n) is 5.28. The van der Waals surface area contributed by atoms with Gasteiger partial charge in [-0.25, -0.2) is 0 Å². The van der Waals surface area contributed by atoms with Crippen molar-refractivity contribution in [2.75, 3.05) is 0 Å². The van der Waals surface area contributed by atoms with E-state index in [0.717, 1.165) is 22.9 Å². The smallest absolute Gasteiger partial charge is 0.0444 e. The zero-order valence-electron chi connectivity index (χ0n) is 8.63. The topological polar surface area (TPSA) is 0 Å². The van der Waals surface area contributed by atoms with Crippen LogP contribution in [0.3, 0.4) is 0 Å². The van der Waals surface area contributed by atoms with E-state index in [2.05, 4.69) is 12.1 Å². The molecule has 0 saturated heterocycles. The minimum Gasteiger partial charge on any atom is -0.0840 e. The summed E-state index contributed by atoms with van der Waals surface area (Å²) in [5.74, 6) is 0. The third-order valence-electron chi connectivity index (χ3n) is 3.17. The van der Waals surface area contributed by atoms with Crippen LogP contribution in [-0.4, -0.2) is 0 Å². The van der Waals surface area contributed by atoms with E-state index < -0.39 is 0 Å². The van der Waals surface area contributed by atoms with Gasteiger partial charge < -0.3 is 0 Å². The van der Waals surface area contributed by atoms with Gasteiger partial charge in [-0.1, -0.05) is 47.5 Å². The van der Waals surface area contributed by atoms with Crippen molar-refractivity contribution in [2.45, 2.75) is 12.8 Å². The average Bonchev–Trinajstić information content (AvgIpc) is 2.28. The highest BCUT2D eigenvalue weighted by atomic mass is 35.5. The molecule has 0 aliphatic heterocycles. The fourth-order valence-corrected chi connectivity index (χ4v) is 2.84. The molecule has 0 aromatic heterocycles. The second-order valence-electron chi connectivity index (χ2n) is 4.11. The summed E-state index contributed by atoms with van der Waals surface area (Å²) in [6, 6.07) is 12.2. The van der Waals surface area contributed by atoms with Gasteiger partial charge in [0, 0.05) is 16.5 Å². The van der Waals surface area contributed by atoms with Crippen molar-refractivity contribution in [3.8, 4) is 0 Å². The average molecular weight is 249 g/mol. The summed E-state index contributed by atoms with van der Waals surface area (Å²) >= 11 is 12.4. The van der Waals surface area contributed by atoms with Crippen LogP contribution < -0.4 is 0 Å². The number of benzene rings is 2. The lowest BCUT2D eigenvalue weighted by atomic mass is 9.86. The van der Waals surface area contributed by atoms with Gasteiger partial charge in [0.25, 0.3) is 0 Å². The van der Waals surface area contributed by atoms with E-state index in [1.807, 2.05) is 24.3 Å². The van der Waals surface area contributed by atoms with Gasteiger partial charge in [0.1, 0.15) is 0 Å². The molecular weight excluding hydrogens is 239 g/mol. The first kappa shape index (κ1) is 10.2. The minimum atomic E-state index is 0.850. The molecule has 0 fully saturated rings. The van der Waals surface area contributed by atoms with Gasteiger partial charge in [0.2, 0.25) is 0 Å². The lowest BCUT2D eigenvalue weighted by Gasteiger charge is -2.21. The summed E-state index contributed by atoms with van der Waals surface area (Å²) in [6.07, 6.45) is 1.79. The molecule has 16 heavy (non-hydrogen) atoms. The van der Waals surface area contributed by atoms with Crippen molar-refractivity contribution in [1.29, 1.82) is 0 Å². The molecule has 0 bridgehead atoms. The maximum Gasteiger partial charge on any atom is 0.0444 e. The molecule has 3 rings (SSSR count). The van der Waals surface area contributed by atoms with Crippen LogP contribution in [0.5, 0.6) is 0 Å². The normalized spacial score (nSPS) is 13.1. The fraction of sp³-hybridized carbons (Fsp3) is 0.143. The fourth-order valence-electron chi connectivity index (χ4n) is 2.32. The molecule has 2 aromatic carbocycles. The number of halogens is 2. The van der Waals surface area contributed by atoms with Crippen LogP contribution in [0, 0.1) is 0 Å². The lowest BCUT2D eigenvalue weighted by Crippen LogP contribution is -2.08. The zero-order chi connectivity index (χ0) is 11.1. The summed E-state index contributed by atoms with van der Waals surface area (Å²) in [7, 11) is 0. The Kier molecular flexibility index (Phi) is 2.42. The van der Waals surface area contributed by atoms with Crippen molar-refractivity contribution in [3.63, 3.8) is 0 Å². The summed E-state index contributed by atoms with van der Waals surface area (Å²) in [5.41, 5.74) is 5.10. The van der Waals surface area contributed by atoms with E-state index in [9.17, 15) is 0 Å². The highest BCUT2D eigenvalue weighted by Crippen LogP contribution is 2.34. The number of hydrogen-bond donors (Lipinski definition) is 0. The molecule has 2 aromatic rings. The van der Waals surface area contributed by atoms with Crippen LogP contribution in [0.1, 0.15) is 22.3 Å². The molecule has 2 heteroatoms. The van der Waals surface area contributed by atoms with Gasteiger partial charge in [-0.05, 0) is 40.8 Å². The second kappa shape index (κ2) is 3.80. The molecule has 0 radical (unpaired) electrons. The van der Waals surface area contributed by atoms with Gasteiger partial charge in [0.15, 0.2) is 0 Å². The summed E-state index contributed by atoms with van der Waals surface area (Å²) in [4.78, 5) is 0. The molecule has 0 spiro atoms. The minimum absolute atomic E-state index is 0.850. The van der Waals surface area contributed by atoms with Crippen LogP contribution in [0.15, 0.2) is 36.4 Å². The first-order valence-corrected chi connectivity index (χ1v) is 6.04. The van der Waals surface area contributed by atoms with E-state index >= 15 is 0 Å². The molecule has 1 aliphatic rings. The molecule has 0 amide bonds. The number of hydrogen-bond acceptors (Lipinski definition) is 0.